The second-order valence-electron chi connectivity index (χ2n) is 5.80. The molecule has 1 heterocycles. The third-order valence-electron chi connectivity index (χ3n) is 4.27. The van der Waals surface area contributed by atoms with Crippen LogP contribution in [0.25, 0.3) is 0 Å². The Morgan fingerprint density at radius 3 is 2.68 bits per heavy atom. The van der Waals surface area contributed by atoms with Gasteiger partial charge in [-0.1, -0.05) is 0 Å². The molecule has 1 aromatic carbocycles. The van der Waals surface area contributed by atoms with Crippen molar-refractivity contribution in [3.05, 3.63) is 18.2 Å². The first-order chi connectivity index (χ1) is 10.7. The minimum atomic E-state index is 0.189. The summed E-state index contributed by atoms with van der Waals surface area (Å²) in [6, 6.07) is 5.63. The number of piperidine rings is 1. The fourth-order valence-corrected chi connectivity index (χ4v) is 2.84. The summed E-state index contributed by atoms with van der Waals surface area (Å²) < 4.78 is 10.9. The maximum Gasteiger partial charge on any atom is 0.164 e. The second-order valence-corrected chi connectivity index (χ2v) is 5.80. The van der Waals surface area contributed by atoms with Gasteiger partial charge in [0, 0.05) is 12.1 Å². The van der Waals surface area contributed by atoms with Crippen LogP contribution in [0.2, 0.25) is 0 Å². The Morgan fingerprint density at radius 2 is 2.00 bits per heavy atom. The van der Waals surface area contributed by atoms with Crippen LogP contribution in [0.5, 0.6) is 17.2 Å². The molecule has 1 aromatic rings. The van der Waals surface area contributed by atoms with Crippen LogP contribution in [-0.4, -0.2) is 56.4 Å². The third-order valence-corrected chi connectivity index (χ3v) is 4.27. The summed E-state index contributed by atoms with van der Waals surface area (Å²) in [5.41, 5.74) is 0. The van der Waals surface area contributed by atoms with Crippen LogP contribution >= 0.6 is 0 Å². The summed E-state index contributed by atoms with van der Waals surface area (Å²) in [6.45, 7) is 4.21. The van der Waals surface area contributed by atoms with Gasteiger partial charge >= 0.3 is 0 Å². The van der Waals surface area contributed by atoms with Gasteiger partial charge in [-0.3, -0.25) is 0 Å². The largest absolute Gasteiger partial charge is 0.508 e. The predicted octanol–water partition coefficient (Wildman–Crippen LogP) is 2.24. The van der Waals surface area contributed by atoms with Gasteiger partial charge in [-0.05, 0) is 64.5 Å². The highest BCUT2D eigenvalue weighted by atomic mass is 16.5. The summed E-state index contributed by atoms with van der Waals surface area (Å²) in [4.78, 5) is 2.54. The van der Waals surface area contributed by atoms with Crippen molar-refractivity contribution >= 4 is 0 Å². The molecule has 0 amide bonds. The number of hydrogen-bond donors (Lipinski definition) is 2. The Hall–Kier alpha value is -1.46. The Balaban J connectivity index is 1.62. The molecule has 124 valence electrons. The standard InChI is InChI=1S/C17H28N2O3/c1-18-14-7-10-19(11-8-14)9-3-4-12-22-16-6-5-15(20)13-17(16)21-2/h5-6,13-14,18,20H,3-4,7-12H2,1-2H3. The number of rotatable bonds is 8. The number of methoxy groups -OCH3 is 1. The second kappa shape index (κ2) is 8.86. The molecule has 0 bridgehead atoms. The molecule has 22 heavy (non-hydrogen) atoms. The molecule has 5 heteroatoms. The van der Waals surface area contributed by atoms with Gasteiger partial charge in [-0.25, -0.2) is 0 Å². The van der Waals surface area contributed by atoms with Gasteiger partial charge in [-0.2, -0.15) is 0 Å². The number of unbranched alkanes of at least 4 members (excludes halogenated alkanes) is 1. The Kier molecular flexibility index (Phi) is 6.80. The Morgan fingerprint density at radius 1 is 1.23 bits per heavy atom. The molecule has 1 aliphatic rings. The summed E-state index contributed by atoms with van der Waals surface area (Å²) >= 11 is 0. The van der Waals surface area contributed by atoms with Crippen molar-refractivity contribution < 1.29 is 14.6 Å². The van der Waals surface area contributed by atoms with E-state index in [4.69, 9.17) is 9.47 Å². The van der Waals surface area contributed by atoms with Crippen LogP contribution in [-0.2, 0) is 0 Å². The number of likely N-dealkylation sites (tertiary alicyclic amines) is 1. The first-order valence-electron chi connectivity index (χ1n) is 8.12. The molecule has 0 atom stereocenters. The van der Waals surface area contributed by atoms with Crippen LogP contribution in [0.15, 0.2) is 18.2 Å². The lowest BCUT2D eigenvalue weighted by atomic mass is 10.1. The monoisotopic (exact) mass is 308 g/mol. The third kappa shape index (κ3) is 5.07. The van der Waals surface area contributed by atoms with E-state index < -0.39 is 0 Å². The number of phenolic OH excluding ortho intramolecular Hbond substituents is 1. The molecular formula is C17H28N2O3. The van der Waals surface area contributed by atoms with Crippen LogP contribution in [0, 0.1) is 0 Å². The molecule has 1 fully saturated rings. The first kappa shape index (κ1) is 16.9. The lowest BCUT2D eigenvalue weighted by molar-refractivity contribution is 0.192. The number of nitrogens with zero attached hydrogens (tertiary/aromatic N) is 1. The molecule has 0 radical (unpaired) electrons. The van der Waals surface area contributed by atoms with Gasteiger partial charge in [0.1, 0.15) is 5.75 Å². The van der Waals surface area contributed by atoms with Gasteiger partial charge in [0.2, 0.25) is 0 Å². The number of ether oxygens (including phenoxy) is 2. The van der Waals surface area contributed by atoms with Gasteiger partial charge in [-0.15, -0.1) is 0 Å². The van der Waals surface area contributed by atoms with Crippen molar-refractivity contribution in [3.8, 4) is 17.2 Å². The number of phenols is 1. The zero-order chi connectivity index (χ0) is 15.8. The predicted molar refractivity (Wildman–Crippen MR) is 87.9 cm³/mol. The summed E-state index contributed by atoms with van der Waals surface area (Å²) in [7, 11) is 3.63. The molecule has 0 saturated carbocycles. The van der Waals surface area contributed by atoms with E-state index in [0.29, 0.717) is 24.1 Å². The summed E-state index contributed by atoms with van der Waals surface area (Å²) in [6.07, 6.45) is 4.66. The minimum absolute atomic E-state index is 0.189. The van der Waals surface area contributed by atoms with Crippen molar-refractivity contribution in [2.24, 2.45) is 0 Å². The lowest BCUT2D eigenvalue weighted by Gasteiger charge is -2.31. The number of hydrogen-bond acceptors (Lipinski definition) is 5. The zero-order valence-corrected chi connectivity index (χ0v) is 13.7. The van der Waals surface area contributed by atoms with Crippen LogP contribution < -0.4 is 14.8 Å². The van der Waals surface area contributed by atoms with E-state index in [1.165, 1.54) is 25.9 Å². The molecule has 0 unspecified atom stereocenters. The van der Waals surface area contributed by atoms with E-state index in [2.05, 4.69) is 17.3 Å². The van der Waals surface area contributed by atoms with Gasteiger partial charge in [0.25, 0.3) is 0 Å². The minimum Gasteiger partial charge on any atom is -0.508 e. The number of aromatic hydroxyl groups is 1. The molecule has 0 aliphatic carbocycles. The van der Waals surface area contributed by atoms with Crippen molar-refractivity contribution in [1.29, 1.82) is 0 Å². The molecule has 0 spiro atoms. The smallest absolute Gasteiger partial charge is 0.164 e. The van der Waals surface area contributed by atoms with E-state index in [-0.39, 0.29) is 5.75 Å². The quantitative estimate of drug-likeness (QED) is 0.721. The topological polar surface area (TPSA) is 54.0 Å². The fourth-order valence-electron chi connectivity index (χ4n) is 2.84. The van der Waals surface area contributed by atoms with Crippen LogP contribution in [0.3, 0.4) is 0 Å². The van der Waals surface area contributed by atoms with E-state index in [1.807, 2.05) is 0 Å². The number of nitrogens with one attached hydrogen (secondary N) is 1. The highest BCUT2D eigenvalue weighted by molar-refractivity contribution is 5.44. The van der Waals surface area contributed by atoms with E-state index >= 15 is 0 Å². The zero-order valence-electron chi connectivity index (χ0n) is 13.7. The van der Waals surface area contributed by atoms with Gasteiger partial charge < -0.3 is 24.8 Å². The number of benzene rings is 1. The van der Waals surface area contributed by atoms with Crippen molar-refractivity contribution in [3.63, 3.8) is 0 Å². The van der Waals surface area contributed by atoms with Crippen molar-refractivity contribution in [2.45, 2.75) is 31.7 Å². The molecule has 2 N–H and O–H groups in total. The molecule has 1 aliphatic heterocycles. The molecule has 5 nitrogen and oxygen atoms in total. The lowest BCUT2D eigenvalue weighted by Crippen LogP contribution is -2.41. The fraction of sp³-hybridized carbons (Fsp3) is 0.647. The first-order valence-corrected chi connectivity index (χ1v) is 8.12. The van der Waals surface area contributed by atoms with E-state index in [1.54, 1.807) is 25.3 Å². The molecular weight excluding hydrogens is 280 g/mol. The van der Waals surface area contributed by atoms with E-state index in [0.717, 1.165) is 19.4 Å². The van der Waals surface area contributed by atoms with Crippen molar-refractivity contribution in [2.75, 3.05) is 40.4 Å². The highest BCUT2D eigenvalue weighted by Gasteiger charge is 2.16. The average molecular weight is 308 g/mol. The molecule has 2 rings (SSSR count). The Bertz CT molecular complexity index is 446. The normalized spacial score (nSPS) is 16.6. The highest BCUT2D eigenvalue weighted by Crippen LogP contribution is 2.30. The van der Waals surface area contributed by atoms with Gasteiger partial charge in [0.05, 0.1) is 13.7 Å². The average Bonchev–Trinajstić information content (AvgIpc) is 2.56. The van der Waals surface area contributed by atoms with Crippen LogP contribution in [0.1, 0.15) is 25.7 Å². The maximum absolute atomic E-state index is 9.41. The van der Waals surface area contributed by atoms with Crippen molar-refractivity contribution in [1.82, 2.24) is 10.2 Å². The Labute approximate surface area is 133 Å². The molecule has 0 aromatic heterocycles. The SMILES string of the molecule is CNC1CCN(CCCCOc2ccc(O)cc2OC)CC1. The summed E-state index contributed by atoms with van der Waals surface area (Å²) in [5, 5.41) is 12.8. The molecule has 1 saturated heterocycles. The van der Waals surface area contributed by atoms with Crippen LogP contribution in [0.4, 0.5) is 0 Å². The van der Waals surface area contributed by atoms with Gasteiger partial charge in [0.15, 0.2) is 11.5 Å². The van der Waals surface area contributed by atoms with E-state index in [9.17, 15) is 5.11 Å². The summed E-state index contributed by atoms with van der Waals surface area (Å²) in [5.74, 6) is 1.46. The maximum atomic E-state index is 9.41.